The lowest BCUT2D eigenvalue weighted by Gasteiger charge is -2.06. The summed E-state index contributed by atoms with van der Waals surface area (Å²) >= 11 is 0. The number of pyridine rings is 1. The number of anilines is 1. The van der Waals surface area contributed by atoms with Crippen molar-refractivity contribution in [2.45, 2.75) is 6.92 Å². The zero-order chi connectivity index (χ0) is 14.4. The Bertz CT molecular complexity index is 669. The van der Waals surface area contributed by atoms with Gasteiger partial charge in [-0.25, -0.2) is 4.98 Å². The van der Waals surface area contributed by atoms with E-state index in [-0.39, 0.29) is 5.91 Å². The summed E-state index contributed by atoms with van der Waals surface area (Å²) < 4.78 is 0. The predicted molar refractivity (Wildman–Crippen MR) is 79.3 cm³/mol. The van der Waals surface area contributed by atoms with E-state index in [1.165, 1.54) is 0 Å². The minimum absolute atomic E-state index is 0.205. The molecule has 0 fully saturated rings. The molecule has 4 nitrogen and oxygen atoms in total. The normalized spacial score (nSPS) is 9.50. The van der Waals surface area contributed by atoms with Crippen LogP contribution in [0.3, 0.4) is 0 Å². The molecule has 0 saturated carbocycles. The van der Waals surface area contributed by atoms with E-state index in [9.17, 15) is 4.79 Å². The number of carbonyl (C=O) groups is 1. The zero-order valence-corrected chi connectivity index (χ0v) is 11.2. The third-order valence-electron chi connectivity index (χ3n) is 2.58. The molecule has 100 valence electrons. The summed E-state index contributed by atoms with van der Waals surface area (Å²) in [5.41, 5.74) is 7.66. The van der Waals surface area contributed by atoms with Gasteiger partial charge in [0.15, 0.2) is 0 Å². The van der Waals surface area contributed by atoms with E-state index >= 15 is 0 Å². The molecule has 0 atom stereocenters. The minimum Gasteiger partial charge on any atom is -0.320 e. The Morgan fingerprint density at radius 3 is 2.90 bits per heavy atom. The van der Waals surface area contributed by atoms with Crippen molar-refractivity contribution in [2.75, 3.05) is 11.9 Å². The lowest BCUT2D eigenvalue weighted by molar-refractivity contribution is 0.102. The van der Waals surface area contributed by atoms with Crippen LogP contribution >= 0.6 is 0 Å². The summed E-state index contributed by atoms with van der Waals surface area (Å²) in [6, 6.07) is 10.8. The smallest absolute Gasteiger partial charge is 0.256 e. The topological polar surface area (TPSA) is 68.0 Å². The molecule has 0 unspecified atom stereocenters. The average Bonchev–Trinajstić information content (AvgIpc) is 2.45. The number of aryl methyl sites for hydroxylation is 1. The maximum absolute atomic E-state index is 12.2. The van der Waals surface area contributed by atoms with Gasteiger partial charge >= 0.3 is 0 Å². The Morgan fingerprint density at radius 1 is 1.35 bits per heavy atom. The van der Waals surface area contributed by atoms with Gasteiger partial charge in [0.25, 0.3) is 5.91 Å². The number of aromatic nitrogens is 1. The van der Waals surface area contributed by atoms with E-state index < -0.39 is 0 Å². The second-order valence-corrected chi connectivity index (χ2v) is 4.26. The number of nitrogens with zero attached hydrogens (tertiary/aromatic N) is 1. The number of hydrogen-bond donors (Lipinski definition) is 2. The number of benzene rings is 1. The van der Waals surface area contributed by atoms with Crippen molar-refractivity contribution in [3.8, 4) is 11.8 Å². The monoisotopic (exact) mass is 265 g/mol. The van der Waals surface area contributed by atoms with Crippen molar-refractivity contribution in [1.29, 1.82) is 0 Å². The van der Waals surface area contributed by atoms with Crippen LogP contribution in [0.2, 0.25) is 0 Å². The largest absolute Gasteiger partial charge is 0.320 e. The molecule has 1 amide bonds. The average molecular weight is 265 g/mol. The molecule has 20 heavy (non-hydrogen) atoms. The number of nitrogens with one attached hydrogen (secondary N) is 1. The highest BCUT2D eigenvalue weighted by Gasteiger charge is 2.08. The summed E-state index contributed by atoms with van der Waals surface area (Å²) in [6.45, 7) is 2.22. The molecule has 1 heterocycles. The van der Waals surface area contributed by atoms with Crippen LogP contribution in [-0.2, 0) is 0 Å². The molecule has 0 spiro atoms. The molecule has 3 N–H and O–H groups in total. The van der Waals surface area contributed by atoms with Crippen molar-refractivity contribution in [2.24, 2.45) is 5.73 Å². The molecule has 0 saturated heterocycles. The summed E-state index contributed by atoms with van der Waals surface area (Å²) in [4.78, 5) is 16.2. The van der Waals surface area contributed by atoms with Crippen LogP contribution in [0.4, 0.5) is 5.82 Å². The third kappa shape index (κ3) is 3.67. The van der Waals surface area contributed by atoms with Crippen molar-refractivity contribution in [3.63, 3.8) is 0 Å². The van der Waals surface area contributed by atoms with E-state index in [4.69, 9.17) is 5.73 Å². The van der Waals surface area contributed by atoms with E-state index in [2.05, 4.69) is 22.1 Å². The highest BCUT2D eigenvalue weighted by Crippen LogP contribution is 2.11. The number of amides is 1. The van der Waals surface area contributed by atoms with Gasteiger partial charge in [-0.1, -0.05) is 17.9 Å². The molecular weight excluding hydrogens is 250 g/mol. The van der Waals surface area contributed by atoms with E-state index in [0.717, 1.165) is 11.1 Å². The summed E-state index contributed by atoms with van der Waals surface area (Å²) in [7, 11) is 0. The predicted octanol–water partition coefficient (Wildman–Crippen LogP) is 1.95. The number of rotatable bonds is 2. The number of hydrogen-bond acceptors (Lipinski definition) is 3. The number of carbonyl (C=O) groups excluding carboxylic acids is 1. The Labute approximate surface area is 118 Å². The van der Waals surface area contributed by atoms with Gasteiger partial charge in [-0.2, -0.15) is 0 Å². The van der Waals surface area contributed by atoms with Gasteiger partial charge in [0.05, 0.1) is 6.54 Å². The SMILES string of the molecule is Cc1cc(C#CCN)cc(C(=O)Nc2ccccn2)c1. The lowest BCUT2D eigenvalue weighted by atomic mass is 10.1. The van der Waals surface area contributed by atoms with Crippen molar-refractivity contribution in [3.05, 3.63) is 59.3 Å². The fraction of sp³-hybridized carbons (Fsp3) is 0.125. The second-order valence-electron chi connectivity index (χ2n) is 4.26. The van der Waals surface area contributed by atoms with Crippen molar-refractivity contribution >= 4 is 11.7 Å². The van der Waals surface area contributed by atoms with Gasteiger partial charge in [0, 0.05) is 17.3 Å². The van der Waals surface area contributed by atoms with E-state index in [1.807, 2.05) is 25.1 Å². The van der Waals surface area contributed by atoms with Crippen LogP contribution in [0.15, 0.2) is 42.6 Å². The molecule has 2 aromatic rings. The summed E-state index contributed by atoms with van der Waals surface area (Å²) in [6.07, 6.45) is 1.63. The van der Waals surface area contributed by atoms with Crippen LogP contribution in [0.5, 0.6) is 0 Å². The van der Waals surface area contributed by atoms with Gasteiger partial charge in [-0.05, 0) is 42.8 Å². The van der Waals surface area contributed by atoms with Crippen molar-refractivity contribution < 1.29 is 4.79 Å². The molecule has 0 bridgehead atoms. The molecule has 0 radical (unpaired) electrons. The molecule has 1 aromatic heterocycles. The molecular formula is C16H15N3O. The zero-order valence-electron chi connectivity index (χ0n) is 11.2. The highest BCUT2D eigenvalue weighted by molar-refractivity contribution is 6.04. The highest BCUT2D eigenvalue weighted by atomic mass is 16.1. The van der Waals surface area contributed by atoms with Crippen LogP contribution in [0.1, 0.15) is 21.5 Å². The van der Waals surface area contributed by atoms with E-state index in [1.54, 1.807) is 24.4 Å². The quantitative estimate of drug-likeness (QED) is 0.815. The Kier molecular flexibility index (Phi) is 4.48. The van der Waals surface area contributed by atoms with Gasteiger partial charge in [0.2, 0.25) is 0 Å². The molecule has 2 rings (SSSR count). The maximum atomic E-state index is 12.2. The van der Waals surface area contributed by atoms with Crippen LogP contribution in [0.25, 0.3) is 0 Å². The van der Waals surface area contributed by atoms with Gasteiger partial charge in [-0.15, -0.1) is 0 Å². The van der Waals surface area contributed by atoms with Crippen molar-refractivity contribution in [1.82, 2.24) is 4.98 Å². The first-order valence-electron chi connectivity index (χ1n) is 6.22. The Balaban J connectivity index is 2.23. The fourth-order valence-corrected chi connectivity index (χ4v) is 1.76. The van der Waals surface area contributed by atoms with Gasteiger partial charge < -0.3 is 11.1 Å². The molecule has 1 aromatic carbocycles. The van der Waals surface area contributed by atoms with Crippen LogP contribution < -0.4 is 11.1 Å². The molecule has 0 aliphatic carbocycles. The maximum Gasteiger partial charge on any atom is 0.256 e. The van der Waals surface area contributed by atoms with Crippen LogP contribution in [-0.4, -0.2) is 17.4 Å². The second kappa shape index (κ2) is 6.50. The van der Waals surface area contributed by atoms with Crippen LogP contribution in [0, 0.1) is 18.8 Å². The van der Waals surface area contributed by atoms with Gasteiger partial charge in [-0.3, -0.25) is 4.79 Å². The first kappa shape index (κ1) is 13.8. The summed E-state index contributed by atoms with van der Waals surface area (Å²) in [5.74, 6) is 6.03. The molecule has 0 aliphatic heterocycles. The Hall–Kier alpha value is -2.64. The lowest BCUT2D eigenvalue weighted by Crippen LogP contribution is -2.13. The number of nitrogens with two attached hydrogens (primary N) is 1. The first-order valence-corrected chi connectivity index (χ1v) is 6.22. The van der Waals surface area contributed by atoms with Gasteiger partial charge in [0.1, 0.15) is 5.82 Å². The first-order chi connectivity index (χ1) is 9.69. The fourth-order valence-electron chi connectivity index (χ4n) is 1.76. The van der Waals surface area contributed by atoms with E-state index in [0.29, 0.717) is 17.9 Å². The minimum atomic E-state index is -0.205. The third-order valence-corrected chi connectivity index (χ3v) is 2.58. The molecule has 0 aliphatic rings. The standard InChI is InChI=1S/C16H15N3O/c1-12-9-13(5-4-7-17)11-14(10-12)16(20)19-15-6-2-3-8-18-15/h2-3,6,8-11H,7,17H2,1H3,(H,18,19,20). The summed E-state index contributed by atoms with van der Waals surface area (Å²) in [5, 5.41) is 2.75. The Morgan fingerprint density at radius 2 is 2.20 bits per heavy atom. The molecule has 4 heteroatoms.